The number of halogens is 1. The van der Waals surface area contributed by atoms with E-state index in [9.17, 15) is 14.0 Å². The van der Waals surface area contributed by atoms with Crippen LogP contribution in [0, 0.1) is 5.82 Å². The van der Waals surface area contributed by atoms with Crippen molar-refractivity contribution in [2.24, 2.45) is 0 Å². The Labute approximate surface area is 120 Å². The fraction of sp³-hybridized carbons (Fsp3) is 0.200. The number of furan rings is 1. The summed E-state index contributed by atoms with van der Waals surface area (Å²) in [5.41, 5.74) is 0.113. The Balaban J connectivity index is 2.01. The van der Waals surface area contributed by atoms with E-state index in [4.69, 9.17) is 4.42 Å². The van der Waals surface area contributed by atoms with Gasteiger partial charge in [-0.05, 0) is 30.3 Å². The predicted molar refractivity (Wildman–Crippen MR) is 73.4 cm³/mol. The first kappa shape index (κ1) is 14.8. The summed E-state index contributed by atoms with van der Waals surface area (Å²) in [7, 11) is 1.23. The number of ether oxygens (including phenoxy) is 1. The van der Waals surface area contributed by atoms with E-state index >= 15 is 0 Å². The molecule has 0 spiro atoms. The average molecular weight is 291 g/mol. The molecule has 0 fully saturated rings. The largest absolute Gasteiger partial charge is 0.469 e. The Hall–Kier alpha value is -2.63. The molecule has 1 amide bonds. The zero-order chi connectivity index (χ0) is 15.2. The summed E-state index contributed by atoms with van der Waals surface area (Å²) in [5.74, 6) is -0.906. The standard InChI is InChI=1S/C15H14FNO4/c1-20-15(19)10-4-6-12(16)13(9-10)17-14(18)7-5-11-3-2-8-21-11/h2-4,6,8-9H,5,7H2,1H3,(H,17,18). The summed E-state index contributed by atoms with van der Waals surface area (Å²) in [5, 5.41) is 2.43. The third kappa shape index (κ3) is 3.92. The van der Waals surface area contributed by atoms with Gasteiger partial charge in [-0.1, -0.05) is 0 Å². The van der Waals surface area contributed by atoms with Crippen LogP contribution in [0.25, 0.3) is 0 Å². The molecule has 0 aliphatic rings. The van der Waals surface area contributed by atoms with E-state index < -0.39 is 11.8 Å². The van der Waals surface area contributed by atoms with Crippen molar-refractivity contribution in [3.63, 3.8) is 0 Å². The Morgan fingerprint density at radius 1 is 1.33 bits per heavy atom. The van der Waals surface area contributed by atoms with Gasteiger partial charge in [-0.25, -0.2) is 9.18 Å². The lowest BCUT2D eigenvalue weighted by Crippen LogP contribution is -2.14. The molecule has 0 radical (unpaired) electrons. The Kier molecular flexibility index (Phi) is 4.71. The van der Waals surface area contributed by atoms with Crippen LogP contribution in [-0.2, 0) is 16.0 Å². The highest BCUT2D eigenvalue weighted by molar-refractivity contribution is 5.94. The van der Waals surface area contributed by atoms with Gasteiger partial charge in [0, 0.05) is 12.8 Å². The molecule has 2 rings (SSSR count). The number of hydrogen-bond acceptors (Lipinski definition) is 4. The molecule has 0 unspecified atom stereocenters. The molecule has 110 valence electrons. The molecule has 2 aromatic rings. The van der Waals surface area contributed by atoms with Gasteiger partial charge in [0.15, 0.2) is 0 Å². The van der Waals surface area contributed by atoms with Crippen LogP contribution in [0.15, 0.2) is 41.0 Å². The second-order valence-corrected chi connectivity index (χ2v) is 4.31. The molecule has 5 nitrogen and oxygen atoms in total. The molecular weight excluding hydrogens is 277 g/mol. The molecule has 0 saturated carbocycles. The highest BCUT2D eigenvalue weighted by Gasteiger charge is 2.12. The number of methoxy groups -OCH3 is 1. The summed E-state index contributed by atoms with van der Waals surface area (Å²) >= 11 is 0. The number of rotatable bonds is 5. The van der Waals surface area contributed by atoms with E-state index in [0.717, 1.165) is 6.07 Å². The number of esters is 1. The van der Waals surface area contributed by atoms with E-state index in [-0.39, 0.29) is 23.6 Å². The van der Waals surface area contributed by atoms with Gasteiger partial charge in [0.05, 0.1) is 24.6 Å². The number of carbonyl (C=O) groups is 2. The van der Waals surface area contributed by atoms with Gasteiger partial charge in [-0.15, -0.1) is 0 Å². The Morgan fingerprint density at radius 2 is 2.14 bits per heavy atom. The third-order valence-electron chi connectivity index (χ3n) is 2.84. The van der Waals surface area contributed by atoms with Gasteiger partial charge < -0.3 is 14.5 Å². The lowest BCUT2D eigenvalue weighted by atomic mass is 10.2. The SMILES string of the molecule is COC(=O)c1ccc(F)c(NC(=O)CCc2ccco2)c1. The Bertz CT molecular complexity index is 637. The fourth-order valence-electron chi connectivity index (χ4n) is 1.77. The molecule has 0 aliphatic heterocycles. The average Bonchev–Trinajstić information content (AvgIpc) is 3.00. The number of hydrogen-bond donors (Lipinski definition) is 1. The van der Waals surface area contributed by atoms with Crippen molar-refractivity contribution in [3.05, 3.63) is 53.7 Å². The van der Waals surface area contributed by atoms with E-state index in [1.807, 2.05) is 0 Å². The number of nitrogens with one attached hydrogen (secondary N) is 1. The van der Waals surface area contributed by atoms with Crippen LogP contribution < -0.4 is 5.32 Å². The molecule has 1 N–H and O–H groups in total. The molecular formula is C15H14FNO4. The monoisotopic (exact) mass is 291 g/mol. The molecule has 0 aliphatic carbocycles. The van der Waals surface area contributed by atoms with E-state index in [0.29, 0.717) is 12.2 Å². The molecule has 1 aromatic carbocycles. The first-order chi connectivity index (χ1) is 10.1. The van der Waals surface area contributed by atoms with Crippen LogP contribution in [0.5, 0.6) is 0 Å². The van der Waals surface area contributed by atoms with Gasteiger partial charge in [0.2, 0.25) is 5.91 Å². The molecule has 0 atom stereocenters. The van der Waals surface area contributed by atoms with Gasteiger partial charge in [0.1, 0.15) is 11.6 Å². The van der Waals surface area contributed by atoms with Crippen molar-refractivity contribution < 1.29 is 23.1 Å². The molecule has 1 aromatic heterocycles. The maximum absolute atomic E-state index is 13.6. The van der Waals surface area contributed by atoms with Crippen LogP contribution in [0.1, 0.15) is 22.5 Å². The van der Waals surface area contributed by atoms with E-state index in [1.54, 1.807) is 12.1 Å². The van der Waals surface area contributed by atoms with E-state index in [2.05, 4.69) is 10.1 Å². The molecule has 0 saturated heterocycles. The van der Waals surface area contributed by atoms with Crippen LogP contribution in [0.4, 0.5) is 10.1 Å². The van der Waals surface area contributed by atoms with Crippen LogP contribution >= 0.6 is 0 Å². The van der Waals surface area contributed by atoms with Gasteiger partial charge in [0.25, 0.3) is 0 Å². The van der Waals surface area contributed by atoms with Gasteiger partial charge in [-0.2, -0.15) is 0 Å². The minimum Gasteiger partial charge on any atom is -0.469 e. The Morgan fingerprint density at radius 3 is 2.81 bits per heavy atom. The summed E-state index contributed by atoms with van der Waals surface area (Å²) in [4.78, 5) is 23.1. The zero-order valence-electron chi connectivity index (χ0n) is 11.4. The van der Waals surface area contributed by atoms with Crippen molar-refractivity contribution in [2.45, 2.75) is 12.8 Å². The number of carbonyl (C=O) groups excluding carboxylic acids is 2. The van der Waals surface area contributed by atoms with Crippen LogP contribution in [-0.4, -0.2) is 19.0 Å². The van der Waals surface area contributed by atoms with Crippen molar-refractivity contribution in [1.82, 2.24) is 0 Å². The normalized spacial score (nSPS) is 10.2. The lowest BCUT2D eigenvalue weighted by molar-refractivity contribution is -0.116. The van der Waals surface area contributed by atoms with Crippen molar-refractivity contribution in [3.8, 4) is 0 Å². The first-order valence-electron chi connectivity index (χ1n) is 6.30. The summed E-state index contributed by atoms with van der Waals surface area (Å²) < 4.78 is 23.3. The van der Waals surface area contributed by atoms with Crippen molar-refractivity contribution in [2.75, 3.05) is 12.4 Å². The summed E-state index contributed by atoms with van der Waals surface area (Å²) in [6.07, 6.45) is 2.08. The maximum Gasteiger partial charge on any atom is 0.337 e. The molecule has 1 heterocycles. The number of aryl methyl sites for hydroxylation is 1. The summed E-state index contributed by atoms with van der Waals surface area (Å²) in [6.45, 7) is 0. The maximum atomic E-state index is 13.6. The molecule has 6 heteroatoms. The zero-order valence-corrected chi connectivity index (χ0v) is 11.4. The third-order valence-corrected chi connectivity index (χ3v) is 2.84. The molecule has 21 heavy (non-hydrogen) atoms. The molecule has 0 bridgehead atoms. The second kappa shape index (κ2) is 6.69. The summed E-state index contributed by atoms with van der Waals surface area (Å²) in [6, 6.07) is 7.12. The van der Waals surface area contributed by atoms with E-state index in [1.165, 1.54) is 25.5 Å². The van der Waals surface area contributed by atoms with Crippen LogP contribution in [0.2, 0.25) is 0 Å². The number of anilines is 1. The lowest BCUT2D eigenvalue weighted by Gasteiger charge is -2.07. The highest BCUT2D eigenvalue weighted by Crippen LogP contribution is 2.17. The highest BCUT2D eigenvalue weighted by atomic mass is 19.1. The van der Waals surface area contributed by atoms with Crippen LogP contribution in [0.3, 0.4) is 0 Å². The number of amides is 1. The van der Waals surface area contributed by atoms with Crippen molar-refractivity contribution in [1.29, 1.82) is 0 Å². The minimum atomic E-state index is -0.617. The number of benzene rings is 1. The second-order valence-electron chi connectivity index (χ2n) is 4.31. The smallest absolute Gasteiger partial charge is 0.337 e. The van der Waals surface area contributed by atoms with Crippen molar-refractivity contribution >= 4 is 17.6 Å². The fourth-order valence-corrected chi connectivity index (χ4v) is 1.77. The van der Waals surface area contributed by atoms with Gasteiger partial charge >= 0.3 is 5.97 Å². The topological polar surface area (TPSA) is 68.5 Å². The predicted octanol–water partition coefficient (Wildman–Crippen LogP) is 2.78. The minimum absolute atomic E-state index is 0.0534. The van der Waals surface area contributed by atoms with Gasteiger partial charge in [-0.3, -0.25) is 4.79 Å². The quantitative estimate of drug-likeness (QED) is 0.860. The first-order valence-corrected chi connectivity index (χ1v) is 6.30.